The van der Waals surface area contributed by atoms with E-state index in [1.165, 1.54) is 18.2 Å². The van der Waals surface area contributed by atoms with E-state index in [1.54, 1.807) is 0 Å². The lowest BCUT2D eigenvalue weighted by Gasteiger charge is -2.36. The van der Waals surface area contributed by atoms with Crippen LogP contribution in [0.3, 0.4) is 0 Å². The first-order chi connectivity index (χ1) is 8.05. The maximum absolute atomic E-state index is 13.7. The van der Waals surface area contributed by atoms with Crippen molar-refractivity contribution >= 4 is 0 Å². The van der Waals surface area contributed by atoms with E-state index >= 15 is 0 Å². The highest BCUT2D eigenvalue weighted by atomic mass is 19.1. The van der Waals surface area contributed by atoms with Crippen molar-refractivity contribution in [3.05, 3.63) is 29.6 Å². The molecule has 1 aliphatic rings. The fourth-order valence-electron chi connectivity index (χ4n) is 2.48. The number of aliphatic hydroxyl groups is 2. The molecule has 0 atom stereocenters. The molecule has 1 aromatic rings. The molecule has 4 heteroatoms. The molecule has 0 spiro atoms. The number of phenolic OH excluding ortho intramolecular Hbond substituents is 1. The highest BCUT2D eigenvalue weighted by Crippen LogP contribution is 2.41. The molecule has 0 aliphatic heterocycles. The Hall–Kier alpha value is -1.13. The molecule has 94 valence electrons. The zero-order chi connectivity index (χ0) is 12.5. The van der Waals surface area contributed by atoms with Gasteiger partial charge in [-0.2, -0.15) is 0 Å². The number of hydrogen-bond acceptors (Lipinski definition) is 3. The molecule has 1 fully saturated rings. The van der Waals surface area contributed by atoms with E-state index in [4.69, 9.17) is 5.11 Å². The monoisotopic (exact) mass is 240 g/mol. The van der Waals surface area contributed by atoms with Gasteiger partial charge in [0.25, 0.3) is 0 Å². The first-order valence-corrected chi connectivity index (χ1v) is 5.87. The molecule has 0 aromatic heterocycles. The van der Waals surface area contributed by atoms with Gasteiger partial charge in [0.2, 0.25) is 0 Å². The Balaban J connectivity index is 2.24. The number of rotatable bonds is 2. The second-order valence-electron chi connectivity index (χ2n) is 4.82. The summed E-state index contributed by atoms with van der Waals surface area (Å²) >= 11 is 0. The van der Waals surface area contributed by atoms with Gasteiger partial charge in [-0.15, -0.1) is 0 Å². The average Bonchev–Trinajstić information content (AvgIpc) is 2.33. The molecule has 1 aromatic carbocycles. The van der Waals surface area contributed by atoms with Crippen LogP contribution in [0.2, 0.25) is 0 Å². The Morgan fingerprint density at radius 1 is 1.29 bits per heavy atom. The lowest BCUT2D eigenvalue weighted by Crippen LogP contribution is -2.33. The van der Waals surface area contributed by atoms with Crippen LogP contribution in [0, 0.1) is 11.7 Å². The quantitative estimate of drug-likeness (QED) is 0.740. The maximum Gasteiger partial charge on any atom is 0.129 e. The molecule has 0 radical (unpaired) electrons. The zero-order valence-corrected chi connectivity index (χ0v) is 9.56. The molecule has 0 bridgehead atoms. The summed E-state index contributed by atoms with van der Waals surface area (Å²) in [4.78, 5) is 0. The smallest absolute Gasteiger partial charge is 0.129 e. The van der Waals surface area contributed by atoms with Gasteiger partial charge >= 0.3 is 0 Å². The maximum atomic E-state index is 13.7. The molecule has 3 N–H and O–H groups in total. The third-order valence-electron chi connectivity index (χ3n) is 3.64. The normalized spacial score (nSPS) is 29.2. The minimum absolute atomic E-state index is 0.0425. The van der Waals surface area contributed by atoms with Crippen molar-refractivity contribution in [2.75, 3.05) is 6.61 Å². The van der Waals surface area contributed by atoms with Crippen LogP contribution in [-0.2, 0) is 5.60 Å². The molecule has 3 nitrogen and oxygen atoms in total. The van der Waals surface area contributed by atoms with Gasteiger partial charge in [-0.1, -0.05) is 0 Å². The predicted molar refractivity (Wildman–Crippen MR) is 61.0 cm³/mol. The SMILES string of the molecule is OC[C@H]1CC[C@](O)(c2cc(O)ccc2F)CC1. The van der Waals surface area contributed by atoms with Crippen molar-refractivity contribution in [1.29, 1.82) is 0 Å². The molecule has 0 heterocycles. The van der Waals surface area contributed by atoms with Gasteiger partial charge in [-0.05, 0) is 49.8 Å². The second kappa shape index (κ2) is 4.63. The first-order valence-electron chi connectivity index (χ1n) is 5.87. The second-order valence-corrected chi connectivity index (χ2v) is 4.82. The largest absolute Gasteiger partial charge is 0.508 e. The fourth-order valence-corrected chi connectivity index (χ4v) is 2.48. The summed E-state index contributed by atoms with van der Waals surface area (Å²) in [5.41, 5.74) is -1.05. The molecule has 0 unspecified atom stereocenters. The summed E-state index contributed by atoms with van der Waals surface area (Å²) in [6.45, 7) is 0.110. The number of aliphatic hydroxyl groups excluding tert-OH is 1. The van der Waals surface area contributed by atoms with Crippen LogP contribution in [0.15, 0.2) is 18.2 Å². The van der Waals surface area contributed by atoms with Gasteiger partial charge in [0, 0.05) is 12.2 Å². The minimum Gasteiger partial charge on any atom is -0.508 e. The molecule has 17 heavy (non-hydrogen) atoms. The van der Waals surface area contributed by atoms with E-state index < -0.39 is 11.4 Å². The topological polar surface area (TPSA) is 60.7 Å². The number of hydrogen-bond donors (Lipinski definition) is 3. The summed E-state index contributed by atoms with van der Waals surface area (Å²) in [7, 11) is 0. The van der Waals surface area contributed by atoms with Crippen LogP contribution >= 0.6 is 0 Å². The summed E-state index contributed by atoms with van der Waals surface area (Å²) in [5, 5.41) is 28.8. The van der Waals surface area contributed by atoms with Crippen molar-refractivity contribution in [2.45, 2.75) is 31.3 Å². The minimum atomic E-state index is -1.21. The summed E-state index contributed by atoms with van der Waals surface area (Å²) in [6.07, 6.45) is 2.17. The summed E-state index contributed by atoms with van der Waals surface area (Å²) < 4.78 is 13.7. The third-order valence-corrected chi connectivity index (χ3v) is 3.64. The number of phenols is 1. The van der Waals surface area contributed by atoms with Crippen LogP contribution in [-0.4, -0.2) is 21.9 Å². The average molecular weight is 240 g/mol. The Labute approximate surface area is 99.5 Å². The first kappa shape index (κ1) is 12.3. The van der Waals surface area contributed by atoms with Gasteiger partial charge in [0.15, 0.2) is 0 Å². The molecule has 1 aliphatic carbocycles. The Morgan fingerprint density at radius 3 is 2.53 bits per heavy atom. The van der Waals surface area contributed by atoms with E-state index in [0.29, 0.717) is 25.7 Å². The predicted octanol–water partition coefficient (Wildman–Crippen LogP) is 1.90. The third kappa shape index (κ3) is 2.42. The van der Waals surface area contributed by atoms with E-state index in [0.717, 1.165) is 0 Å². The van der Waals surface area contributed by atoms with Gasteiger partial charge in [0.05, 0.1) is 5.60 Å². The summed E-state index contributed by atoms with van der Waals surface area (Å²) in [5.74, 6) is -0.345. The van der Waals surface area contributed by atoms with Gasteiger partial charge in [-0.3, -0.25) is 0 Å². The van der Waals surface area contributed by atoms with E-state index in [9.17, 15) is 14.6 Å². The van der Waals surface area contributed by atoms with Crippen LogP contribution in [0.4, 0.5) is 4.39 Å². The lowest BCUT2D eigenvalue weighted by molar-refractivity contribution is -0.0239. The van der Waals surface area contributed by atoms with Crippen LogP contribution in [0.25, 0.3) is 0 Å². The van der Waals surface area contributed by atoms with Crippen LogP contribution in [0.1, 0.15) is 31.2 Å². The molecule has 1 saturated carbocycles. The summed E-state index contributed by atoms with van der Waals surface area (Å²) in [6, 6.07) is 3.72. The van der Waals surface area contributed by atoms with Gasteiger partial charge < -0.3 is 15.3 Å². The van der Waals surface area contributed by atoms with E-state index in [1.807, 2.05) is 0 Å². The van der Waals surface area contributed by atoms with Crippen LogP contribution in [0.5, 0.6) is 5.75 Å². The molecule has 2 rings (SSSR count). The number of aromatic hydroxyl groups is 1. The van der Waals surface area contributed by atoms with Gasteiger partial charge in [0.1, 0.15) is 11.6 Å². The molecular formula is C13H17FO3. The van der Waals surface area contributed by atoms with Crippen molar-refractivity contribution in [3.63, 3.8) is 0 Å². The lowest BCUT2D eigenvalue weighted by atomic mass is 9.75. The highest BCUT2D eigenvalue weighted by molar-refractivity contribution is 5.33. The van der Waals surface area contributed by atoms with E-state index in [-0.39, 0.29) is 23.8 Å². The Bertz CT molecular complexity index is 398. The van der Waals surface area contributed by atoms with Crippen LogP contribution < -0.4 is 0 Å². The molecular weight excluding hydrogens is 223 g/mol. The Kier molecular flexibility index (Phi) is 3.35. The fraction of sp³-hybridized carbons (Fsp3) is 0.538. The standard InChI is InChI=1S/C13H17FO3/c14-12-2-1-10(16)7-11(12)13(17)5-3-9(8-15)4-6-13/h1-2,7,9,15-17H,3-6,8H2/t9-,13+. The van der Waals surface area contributed by atoms with Crippen molar-refractivity contribution < 1.29 is 19.7 Å². The van der Waals surface area contributed by atoms with Crippen molar-refractivity contribution in [3.8, 4) is 5.75 Å². The number of benzene rings is 1. The zero-order valence-electron chi connectivity index (χ0n) is 9.56. The molecule has 0 saturated heterocycles. The van der Waals surface area contributed by atoms with Gasteiger partial charge in [-0.25, -0.2) is 4.39 Å². The van der Waals surface area contributed by atoms with E-state index in [2.05, 4.69) is 0 Å². The Morgan fingerprint density at radius 2 is 1.94 bits per heavy atom. The van der Waals surface area contributed by atoms with Crippen molar-refractivity contribution in [1.82, 2.24) is 0 Å². The highest BCUT2D eigenvalue weighted by Gasteiger charge is 2.36. The number of halogens is 1. The molecule has 0 amide bonds. The van der Waals surface area contributed by atoms with Crippen molar-refractivity contribution in [2.24, 2.45) is 5.92 Å².